The monoisotopic (exact) mass is 653 g/mol. The molecule has 8 nitrogen and oxygen atoms in total. The number of nitrogens with zero attached hydrogens (tertiary/aromatic N) is 2. The Kier molecular flexibility index (Phi) is 12.2. The fraction of sp³-hybridized carbons (Fsp3) is 0.457. The Balaban J connectivity index is 1.79. The minimum absolute atomic E-state index is 0.0219. The zero-order chi connectivity index (χ0) is 33.4. The van der Waals surface area contributed by atoms with Gasteiger partial charge in [-0.1, -0.05) is 56.6 Å². The van der Waals surface area contributed by atoms with E-state index in [1.807, 2.05) is 69.3 Å². The van der Waals surface area contributed by atoms with Crippen molar-refractivity contribution in [3.8, 4) is 11.3 Å². The summed E-state index contributed by atoms with van der Waals surface area (Å²) in [5.74, 6) is -0.438. The molecule has 3 aromatic rings. The van der Waals surface area contributed by atoms with E-state index in [1.165, 1.54) is 7.11 Å². The molecule has 2 aromatic carbocycles. The number of pyridine rings is 1. The van der Waals surface area contributed by atoms with Gasteiger partial charge in [-0.15, -0.1) is 0 Å². The summed E-state index contributed by atoms with van der Waals surface area (Å²) in [6.45, 7) is 18.0. The number of hydrogen-bond acceptors (Lipinski definition) is 7. The predicted octanol–water partition coefficient (Wildman–Crippen LogP) is 8.99. The van der Waals surface area contributed by atoms with Crippen molar-refractivity contribution in [2.45, 2.75) is 77.8 Å². The molecule has 0 unspecified atom stereocenters. The van der Waals surface area contributed by atoms with Crippen LogP contribution in [0, 0.1) is 0 Å². The number of ether oxygens (including phenoxy) is 2. The highest BCUT2D eigenvalue weighted by Gasteiger charge is 2.40. The molecule has 0 saturated heterocycles. The number of rotatable bonds is 12. The molecule has 0 spiro atoms. The van der Waals surface area contributed by atoms with Crippen LogP contribution in [0.15, 0.2) is 66.9 Å². The molecular formula is C35H48ClN3O5Si. The number of benzene rings is 2. The molecule has 1 aromatic heterocycles. The predicted molar refractivity (Wildman–Crippen MR) is 184 cm³/mol. The molecule has 1 N–H and O–H groups in total. The third kappa shape index (κ3) is 10.6. The molecule has 1 amide bonds. The second-order valence-electron chi connectivity index (χ2n) is 13.6. The van der Waals surface area contributed by atoms with Crippen LogP contribution in [0.5, 0.6) is 0 Å². The van der Waals surface area contributed by atoms with E-state index in [9.17, 15) is 9.59 Å². The number of aromatic nitrogens is 1. The molecule has 3 rings (SSSR count). The summed E-state index contributed by atoms with van der Waals surface area (Å²) in [4.78, 5) is 31.9. The van der Waals surface area contributed by atoms with Crippen molar-refractivity contribution >= 4 is 37.7 Å². The largest absolute Gasteiger partial charge is 0.465 e. The van der Waals surface area contributed by atoms with E-state index in [2.05, 4.69) is 44.2 Å². The van der Waals surface area contributed by atoms with Crippen LogP contribution in [-0.4, -0.2) is 62.6 Å². The summed E-state index contributed by atoms with van der Waals surface area (Å²) < 4.78 is 17.7. The van der Waals surface area contributed by atoms with Gasteiger partial charge in [-0.25, -0.2) is 9.59 Å². The standard InChI is InChI=1S/C35H48ClN3O5Si/c1-34(2,3)43-33(41)39(24-30(25-14-10-16-27(36)22-25)44-45(8,9)35(4,5)6)21-13-20-37-28-17-11-15-26(23-28)31-29(32(40)42-7)18-12-19-38-31/h10-12,14-19,22-23,30,37H,13,20-21,24H2,1-9H3/t30-/m1/s1. The summed E-state index contributed by atoms with van der Waals surface area (Å²) in [6, 6.07) is 18.8. The first-order valence-corrected chi connectivity index (χ1v) is 18.6. The fourth-order valence-corrected chi connectivity index (χ4v) is 5.90. The molecular weight excluding hydrogens is 606 g/mol. The molecule has 45 heavy (non-hydrogen) atoms. The van der Waals surface area contributed by atoms with Crippen LogP contribution in [0.3, 0.4) is 0 Å². The highest BCUT2D eigenvalue weighted by Crippen LogP contribution is 2.40. The number of anilines is 1. The van der Waals surface area contributed by atoms with Gasteiger partial charge in [-0.3, -0.25) is 4.98 Å². The molecule has 1 atom stereocenters. The molecule has 0 aliphatic rings. The first-order valence-electron chi connectivity index (χ1n) is 15.3. The Morgan fingerprint density at radius 1 is 1.00 bits per heavy atom. The average molecular weight is 654 g/mol. The minimum Gasteiger partial charge on any atom is -0.465 e. The summed E-state index contributed by atoms with van der Waals surface area (Å²) in [6.07, 6.45) is 1.55. The van der Waals surface area contributed by atoms with Crippen LogP contribution >= 0.6 is 11.6 Å². The lowest BCUT2D eigenvalue weighted by atomic mass is 10.1. The smallest absolute Gasteiger partial charge is 0.410 e. The normalized spacial score (nSPS) is 12.8. The van der Waals surface area contributed by atoms with Crippen molar-refractivity contribution in [1.29, 1.82) is 0 Å². The van der Waals surface area contributed by atoms with Gasteiger partial charge in [0.15, 0.2) is 8.32 Å². The van der Waals surface area contributed by atoms with E-state index in [-0.39, 0.29) is 17.2 Å². The highest BCUT2D eigenvalue weighted by atomic mass is 35.5. The molecule has 0 saturated carbocycles. The molecule has 0 radical (unpaired) electrons. The van der Waals surface area contributed by atoms with Gasteiger partial charge >= 0.3 is 12.1 Å². The van der Waals surface area contributed by atoms with Crippen molar-refractivity contribution in [3.05, 3.63) is 83.0 Å². The first kappa shape index (κ1) is 36.1. The van der Waals surface area contributed by atoms with Gasteiger partial charge in [0.2, 0.25) is 0 Å². The molecule has 244 valence electrons. The summed E-state index contributed by atoms with van der Waals surface area (Å²) >= 11 is 6.39. The SMILES string of the molecule is COC(=O)c1cccnc1-c1cccc(NCCCN(C[C@@H](O[Si](C)(C)C(C)(C)C)c2cccc(Cl)c2)C(=O)OC(C)(C)C)c1. The summed E-state index contributed by atoms with van der Waals surface area (Å²) in [7, 11) is -0.859. The van der Waals surface area contributed by atoms with Crippen LogP contribution in [0.2, 0.25) is 23.2 Å². The van der Waals surface area contributed by atoms with Crippen molar-refractivity contribution in [2.24, 2.45) is 0 Å². The van der Waals surface area contributed by atoms with Gasteiger partial charge in [0.1, 0.15) is 5.60 Å². The van der Waals surface area contributed by atoms with Crippen LogP contribution in [0.25, 0.3) is 11.3 Å². The second-order valence-corrected chi connectivity index (χ2v) is 18.8. The molecule has 1 heterocycles. The van der Waals surface area contributed by atoms with E-state index < -0.39 is 19.9 Å². The van der Waals surface area contributed by atoms with E-state index in [0.717, 1.165) is 16.8 Å². The van der Waals surface area contributed by atoms with Gasteiger partial charge in [-0.2, -0.15) is 0 Å². The number of halogens is 1. The summed E-state index contributed by atoms with van der Waals surface area (Å²) in [5.41, 5.74) is 2.90. The lowest BCUT2D eigenvalue weighted by Crippen LogP contribution is -2.46. The lowest BCUT2D eigenvalue weighted by Gasteiger charge is -2.40. The van der Waals surface area contributed by atoms with E-state index in [0.29, 0.717) is 42.3 Å². The Labute approximate surface area is 274 Å². The van der Waals surface area contributed by atoms with Gasteiger partial charge < -0.3 is 24.1 Å². The maximum atomic E-state index is 13.5. The molecule has 0 bridgehead atoms. The van der Waals surface area contributed by atoms with Crippen molar-refractivity contribution < 1.29 is 23.5 Å². The second kappa shape index (κ2) is 15.3. The zero-order valence-corrected chi connectivity index (χ0v) is 29.8. The number of carbonyl (C=O) groups excluding carboxylic acids is 2. The number of nitrogens with one attached hydrogen (secondary N) is 1. The molecule has 10 heteroatoms. The van der Waals surface area contributed by atoms with Gasteiger partial charge in [-0.05, 0) is 87.3 Å². The van der Waals surface area contributed by atoms with Gasteiger partial charge in [0.05, 0.1) is 31.0 Å². The molecule has 0 aliphatic heterocycles. The first-order chi connectivity index (χ1) is 21.0. The minimum atomic E-state index is -2.21. The van der Waals surface area contributed by atoms with Crippen LogP contribution in [-0.2, 0) is 13.9 Å². The van der Waals surface area contributed by atoms with E-state index in [1.54, 1.807) is 23.2 Å². The van der Waals surface area contributed by atoms with Crippen molar-refractivity contribution in [3.63, 3.8) is 0 Å². The summed E-state index contributed by atoms with van der Waals surface area (Å²) in [5, 5.41) is 4.05. The van der Waals surface area contributed by atoms with Crippen molar-refractivity contribution in [2.75, 3.05) is 32.1 Å². The number of methoxy groups -OCH3 is 1. The van der Waals surface area contributed by atoms with E-state index in [4.69, 9.17) is 25.5 Å². The maximum Gasteiger partial charge on any atom is 0.410 e. The van der Waals surface area contributed by atoms with Crippen LogP contribution in [0.4, 0.5) is 10.5 Å². The third-order valence-electron chi connectivity index (χ3n) is 7.78. The molecule has 0 aliphatic carbocycles. The van der Waals surface area contributed by atoms with Crippen LogP contribution < -0.4 is 5.32 Å². The van der Waals surface area contributed by atoms with Crippen LogP contribution in [0.1, 0.15) is 70.0 Å². The third-order valence-corrected chi connectivity index (χ3v) is 12.5. The fourth-order valence-electron chi connectivity index (χ4n) is 4.42. The quantitative estimate of drug-likeness (QED) is 0.118. The Morgan fingerprint density at radius 2 is 1.71 bits per heavy atom. The van der Waals surface area contributed by atoms with Gasteiger partial charge in [0, 0.05) is 35.6 Å². The number of hydrogen-bond donors (Lipinski definition) is 1. The Morgan fingerprint density at radius 3 is 2.36 bits per heavy atom. The zero-order valence-electron chi connectivity index (χ0n) is 28.1. The number of carbonyl (C=O) groups is 2. The average Bonchev–Trinajstić information content (AvgIpc) is 2.96. The number of esters is 1. The maximum absolute atomic E-state index is 13.5. The number of amides is 1. The highest BCUT2D eigenvalue weighted by molar-refractivity contribution is 6.74. The van der Waals surface area contributed by atoms with Crippen molar-refractivity contribution in [1.82, 2.24) is 9.88 Å². The topological polar surface area (TPSA) is 90.0 Å². The van der Waals surface area contributed by atoms with Gasteiger partial charge in [0.25, 0.3) is 0 Å². The lowest BCUT2D eigenvalue weighted by molar-refractivity contribution is 0.0155. The molecule has 0 fully saturated rings. The Bertz CT molecular complexity index is 1450. The Hall–Kier alpha value is -3.40. The van der Waals surface area contributed by atoms with E-state index >= 15 is 0 Å².